The van der Waals surface area contributed by atoms with Crippen LogP contribution in [0.15, 0.2) is 42.5 Å². The van der Waals surface area contributed by atoms with Gasteiger partial charge in [0.15, 0.2) is 0 Å². The van der Waals surface area contributed by atoms with E-state index >= 15 is 0 Å². The molecule has 0 bridgehead atoms. The molecule has 33 heavy (non-hydrogen) atoms. The number of carbonyl (C=O) groups is 1. The van der Waals surface area contributed by atoms with E-state index in [2.05, 4.69) is 44.4 Å². The van der Waals surface area contributed by atoms with Crippen LogP contribution in [-0.2, 0) is 24.1 Å². The van der Waals surface area contributed by atoms with Crippen molar-refractivity contribution in [1.29, 1.82) is 5.26 Å². The monoisotopic (exact) mass is 473 g/mol. The number of halogens is 1. The highest BCUT2D eigenvalue weighted by atomic mass is 35.5. The van der Waals surface area contributed by atoms with Crippen LogP contribution in [0, 0.1) is 17.2 Å². The maximum Gasteiger partial charge on any atom is 0.303 e. The molecule has 0 fully saturated rings. The summed E-state index contributed by atoms with van der Waals surface area (Å²) in [6, 6.07) is 15.8. The van der Waals surface area contributed by atoms with Crippen LogP contribution in [0.4, 0.5) is 0 Å². The Balaban J connectivity index is 0.00000385. The fourth-order valence-electron chi connectivity index (χ4n) is 4.47. The molecule has 2 N–H and O–H groups in total. The Hall–Kier alpha value is -2.59. The number of likely N-dealkylation sites (N-methyl/N-ethyl adjacent to an activating group) is 1. The van der Waals surface area contributed by atoms with Gasteiger partial charge in [-0.1, -0.05) is 30.3 Å². The van der Waals surface area contributed by atoms with Crippen molar-refractivity contribution in [2.75, 3.05) is 33.8 Å². The number of nitriles is 1. The van der Waals surface area contributed by atoms with Crippen molar-refractivity contribution in [2.24, 2.45) is 5.92 Å². The molecule has 0 unspecified atom stereocenters. The van der Waals surface area contributed by atoms with Gasteiger partial charge < -0.3 is 19.4 Å². The predicted molar refractivity (Wildman–Crippen MR) is 130 cm³/mol. The smallest absolute Gasteiger partial charge is 0.303 e. The highest BCUT2D eigenvalue weighted by Gasteiger charge is 2.26. The van der Waals surface area contributed by atoms with Gasteiger partial charge in [-0.3, -0.25) is 4.79 Å². The summed E-state index contributed by atoms with van der Waals surface area (Å²) in [5.41, 5.74) is 4.11. The minimum absolute atomic E-state index is 0. The number of aliphatic carboxylic acids is 1. The number of ether oxygens (including phenoxy) is 1. The number of fused-ring (bicyclic) bond motifs is 1. The molecule has 0 amide bonds. The highest BCUT2D eigenvalue weighted by Crippen LogP contribution is 2.29. The first-order chi connectivity index (χ1) is 15.3. The molecule has 1 aliphatic carbocycles. The average Bonchev–Trinajstić information content (AvgIpc) is 3.18. The molecular weight excluding hydrogens is 440 g/mol. The third-order valence-corrected chi connectivity index (χ3v) is 6.21. The molecule has 0 heterocycles. The molecule has 2 aromatic rings. The number of nitrogens with zero attached hydrogens (tertiary/aromatic N) is 2. The van der Waals surface area contributed by atoms with E-state index in [1.165, 1.54) is 11.1 Å². The van der Waals surface area contributed by atoms with Crippen LogP contribution in [0.1, 0.15) is 35.1 Å². The predicted octanol–water partition coefficient (Wildman–Crippen LogP) is 3.62. The number of hydrogen-bond donors (Lipinski definition) is 2. The first-order valence-electron chi connectivity index (χ1n) is 11.2. The summed E-state index contributed by atoms with van der Waals surface area (Å²) in [5.74, 6) is 0.183. The minimum atomic E-state index is -0.867. The number of aryl methyl sites for hydroxylation is 1. The molecular formula is C26H34ClN2O4+. The van der Waals surface area contributed by atoms with Crippen molar-refractivity contribution in [1.82, 2.24) is 0 Å². The number of aliphatic hydroxyl groups is 1. The van der Waals surface area contributed by atoms with E-state index in [1.807, 2.05) is 0 Å². The van der Waals surface area contributed by atoms with E-state index in [4.69, 9.17) is 9.84 Å². The van der Waals surface area contributed by atoms with Gasteiger partial charge in [-0.2, -0.15) is 5.26 Å². The topological polar surface area (TPSA) is 90.6 Å². The van der Waals surface area contributed by atoms with Crippen LogP contribution in [0.3, 0.4) is 0 Å². The molecule has 3 rings (SSSR count). The van der Waals surface area contributed by atoms with E-state index < -0.39 is 12.1 Å². The van der Waals surface area contributed by atoms with E-state index in [1.54, 1.807) is 18.2 Å². The molecule has 0 aliphatic heterocycles. The van der Waals surface area contributed by atoms with Gasteiger partial charge in [0.1, 0.15) is 31.1 Å². The van der Waals surface area contributed by atoms with Crippen LogP contribution < -0.4 is 4.74 Å². The molecule has 178 valence electrons. The zero-order valence-electron chi connectivity index (χ0n) is 19.4. The van der Waals surface area contributed by atoms with Gasteiger partial charge in [0.2, 0.25) is 0 Å². The highest BCUT2D eigenvalue weighted by molar-refractivity contribution is 5.85. The third-order valence-electron chi connectivity index (χ3n) is 6.21. The Morgan fingerprint density at radius 3 is 2.48 bits per heavy atom. The van der Waals surface area contributed by atoms with Crippen molar-refractivity contribution in [3.05, 3.63) is 64.7 Å². The number of carboxylic acids is 1. The Morgan fingerprint density at radius 1 is 1.21 bits per heavy atom. The Morgan fingerprint density at radius 2 is 1.88 bits per heavy atom. The molecule has 0 saturated carbocycles. The van der Waals surface area contributed by atoms with Gasteiger partial charge in [-0.05, 0) is 54.0 Å². The average molecular weight is 474 g/mol. The molecule has 0 radical (unpaired) electrons. The lowest BCUT2D eigenvalue weighted by Crippen LogP contribution is -2.48. The maximum absolute atomic E-state index is 10.8. The summed E-state index contributed by atoms with van der Waals surface area (Å²) in [6.07, 6.45) is 3.11. The number of aliphatic hydroxyl groups excluding tert-OH is 1. The quantitative estimate of drug-likeness (QED) is 0.486. The lowest BCUT2D eigenvalue weighted by molar-refractivity contribution is -0.894. The summed E-state index contributed by atoms with van der Waals surface area (Å²) in [5, 5.41) is 28.8. The summed E-state index contributed by atoms with van der Waals surface area (Å²) in [4.78, 5) is 10.8. The Bertz CT molecular complexity index is 961. The Labute approximate surface area is 202 Å². The first-order valence-corrected chi connectivity index (χ1v) is 11.2. The number of rotatable bonds is 11. The first kappa shape index (κ1) is 26.7. The summed E-state index contributed by atoms with van der Waals surface area (Å²) >= 11 is 0. The summed E-state index contributed by atoms with van der Waals surface area (Å²) in [7, 11) is 4.25. The second-order valence-corrected chi connectivity index (χ2v) is 9.47. The molecule has 2 aromatic carbocycles. The number of hydrogen-bond acceptors (Lipinski definition) is 4. The second kappa shape index (κ2) is 12.0. The fourth-order valence-corrected chi connectivity index (χ4v) is 4.47. The third kappa shape index (κ3) is 8.04. The van der Waals surface area contributed by atoms with Crippen LogP contribution in [0.25, 0.3) is 0 Å². The summed E-state index contributed by atoms with van der Waals surface area (Å²) < 4.78 is 6.47. The van der Waals surface area contributed by atoms with Gasteiger partial charge in [-0.25, -0.2) is 0 Å². The largest absolute Gasteiger partial charge is 0.489 e. The standard InChI is InChI=1S/C26H32N2O4.ClH/c1-28(2,12-11-20-13-21-5-3-4-6-22(21)14-20)17-24(29)18-32-25-15-19(8-10-26(30)31)7-9-23(25)16-27;/h3-7,9,15,20,24,29H,8,10-14,17-18H2,1-2H3;1H/p+1/t24-;/m1./s1. The molecule has 1 atom stereocenters. The van der Waals surface area contributed by atoms with Crippen molar-refractivity contribution in [3.8, 4) is 11.8 Å². The van der Waals surface area contributed by atoms with Crippen molar-refractivity contribution < 1.29 is 24.2 Å². The number of quaternary nitrogens is 1. The normalized spacial score (nSPS) is 14.1. The zero-order chi connectivity index (χ0) is 23.1. The van der Waals surface area contributed by atoms with Crippen molar-refractivity contribution in [3.63, 3.8) is 0 Å². The van der Waals surface area contributed by atoms with E-state index in [9.17, 15) is 15.2 Å². The number of carboxylic acid groups (broad SMARTS) is 1. The SMILES string of the molecule is C[N+](C)(CCC1Cc2ccccc2C1)C[C@@H](O)COc1cc(CCC(=O)O)ccc1C#N.Cl. The van der Waals surface area contributed by atoms with Gasteiger partial charge in [0.05, 0.1) is 26.2 Å². The molecule has 0 saturated heterocycles. The van der Waals surface area contributed by atoms with E-state index in [0.29, 0.717) is 34.7 Å². The van der Waals surface area contributed by atoms with Crippen LogP contribution in [0.5, 0.6) is 5.75 Å². The second-order valence-electron chi connectivity index (χ2n) is 9.47. The van der Waals surface area contributed by atoms with Crippen molar-refractivity contribution in [2.45, 2.75) is 38.2 Å². The van der Waals surface area contributed by atoms with E-state index in [-0.39, 0.29) is 25.4 Å². The summed E-state index contributed by atoms with van der Waals surface area (Å²) in [6.45, 7) is 1.62. The Kier molecular flexibility index (Phi) is 9.72. The molecule has 0 spiro atoms. The van der Waals surface area contributed by atoms with Crippen LogP contribution in [-0.4, -0.2) is 60.6 Å². The molecule has 0 aromatic heterocycles. The zero-order valence-corrected chi connectivity index (χ0v) is 20.2. The van der Waals surface area contributed by atoms with Gasteiger partial charge in [0, 0.05) is 12.8 Å². The lowest BCUT2D eigenvalue weighted by Gasteiger charge is -2.32. The van der Waals surface area contributed by atoms with Gasteiger partial charge in [-0.15, -0.1) is 12.4 Å². The van der Waals surface area contributed by atoms with Gasteiger partial charge in [0.25, 0.3) is 0 Å². The molecule has 1 aliphatic rings. The number of benzene rings is 2. The van der Waals surface area contributed by atoms with Crippen LogP contribution in [0.2, 0.25) is 0 Å². The van der Waals surface area contributed by atoms with Gasteiger partial charge >= 0.3 is 5.97 Å². The fraction of sp³-hybridized carbons (Fsp3) is 0.462. The van der Waals surface area contributed by atoms with Crippen molar-refractivity contribution >= 4 is 18.4 Å². The minimum Gasteiger partial charge on any atom is -0.489 e. The van der Waals surface area contributed by atoms with Crippen LogP contribution >= 0.6 is 12.4 Å². The molecule has 7 heteroatoms. The maximum atomic E-state index is 10.8. The lowest BCUT2D eigenvalue weighted by atomic mass is 10.0. The van der Waals surface area contributed by atoms with E-state index in [0.717, 1.165) is 31.4 Å². The molecule has 6 nitrogen and oxygen atoms in total.